The minimum Gasteiger partial charge on any atom is -0.494 e. The van der Waals surface area contributed by atoms with Crippen LogP contribution in [0.3, 0.4) is 0 Å². The molecule has 0 bridgehead atoms. The number of hydrogen-bond acceptors (Lipinski definition) is 14. The molecule has 4 aromatic carbocycles. The molecule has 0 aliphatic carbocycles. The van der Waals surface area contributed by atoms with Gasteiger partial charge in [-0.15, -0.1) is 10.2 Å². The highest BCUT2D eigenvalue weighted by Crippen LogP contribution is 2.34. The largest absolute Gasteiger partial charge is 0.494 e. The van der Waals surface area contributed by atoms with Crippen LogP contribution in [0, 0.1) is 23.0 Å². The number of anilines is 5. The number of para-hydroxylation sites is 1. The molecule has 0 radical (unpaired) electrons. The second-order valence-corrected chi connectivity index (χ2v) is 16.3. The lowest BCUT2D eigenvalue weighted by Gasteiger charge is -2.43. The van der Waals surface area contributed by atoms with Crippen LogP contribution in [0.4, 0.5) is 37.7 Å². The van der Waals surface area contributed by atoms with Gasteiger partial charge in [-0.1, -0.05) is 6.07 Å². The number of piperazine rings is 2. The highest BCUT2D eigenvalue weighted by molar-refractivity contribution is 5.99. The van der Waals surface area contributed by atoms with Gasteiger partial charge in [-0.05, 0) is 93.6 Å². The summed E-state index contributed by atoms with van der Waals surface area (Å²) in [5, 5.41) is 25.1. The predicted molar refractivity (Wildman–Crippen MR) is 237 cm³/mol. The zero-order valence-electron chi connectivity index (χ0n) is 35.2. The van der Waals surface area contributed by atoms with Crippen LogP contribution in [-0.2, 0) is 6.54 Å². The smallest absolute Gasteiger partial charge is 0.231 e. The molecule has 2 aliphatic heterocycles. The highest BCUT2D eigenvalue weighted by atomic mass is 19.1. The average molecular weight is 850 g/mol. The van der Waals surface area contributed by atoms with E-state index in [2.05, 4.69) is 56.7 Å². The Morgan fingerprint density at radius 1 is 0.794 bits per heavy atom. The lowest BCUT2D eigenvalue weighted by atomic mass is 10.1. The number of methoxy groups -OCH3 is 1. The minimum atomic E-state index is -0.255. The normalized spacial score (nSPS) is 18.1. The van der Waals surface area contributed by atoms with Crippen molar-refractivity contribution in [3.63, 3.8) is 0 Å². The van der Waals surface area contributed by atoms with Crippen LogP contribution in [0.5, 0.6) is 5.75 Å². The van der Waals surface area contributed by atoms with E-state index >= 15 is 0 Å². The number of ether oxygens (including phenoxy) is 1. The van der Waals surface area contributed by atoms with Crippen molar-refractivity contribution in [3.05, 3.63) is 108 Å². The molecule has 16 nitrogen and oxygen atoms in total. The number of aromatic nitrogens is 8. The molecular weight excluding hydrogens is 805 g/mol. The number of nitrogens with zero attached hydrogens (tertiary/aromatic N) is 13. The van der Waals surface area contributed by atoms with Crippen molar-refractivity contribution in [2.75, 3.05) is 67.2 Å². The van der Waals surface area contributed by atoms with Crippen LogP contribution in [0.15, 0.2) is 78.9 Å². The van der Waals surface area contributed by atoms with Crippen LogP contribution in [-0.4, -0.2) is 107 Å². The Kier molecular flexibility index (Phi) is 10.1. The molecule has 3 N–H and O–H groups in total. The molecule has 63 heavy (non-hydrogen) atoms. The van der Waals surface area contributed by atoms with E-state index in [1.165, 1.54) is 28.8 Å². The number of nitrogen functional groups attached to an aromatic ring is 1. The van der Waals surface area contributed by atoms with E-state index in [1.54, 1.807) is 17.7 Å². The number of nitrogens with one attached hydrogen (secondary N) is 1. The van der Waals surface area contributed by atoms with Crippen molar-refractivity contribution in [1.29, 1.82) is 5.26 Å². The third-order valence-electron chi connectivity index (χ3n) is 12.4. The van der Waals surface area contributed by atoms with Gasteiger partial charge in [-0.25, -0.2) is 28.7 Å². The number of nitrogens with two attached hydrogens (primary N) is 1. The molecule has 0 spiro atoms. The van der Waals surface area contributed by atoms with Gasteiger partial charge in [0, 0.05) is 79.2 Å². The van der Waals surface area contributed by atoms with Gasteiger partial charge in [0.2, 0.25) is 11.9 Å². The lowest BCUT2D eigenvalue weighted by Crippen LogP contribution is -2.52. The summed E-state index contributed by atoms with van der Waals surface area (Å²) in [6.07, 6.45) is 0. The summed E-state index contributed by atoms with van der Waals surface area (Å²) in [4.78, 5) is 29.0. The molecule has 10 rings (SSSR count). The first-order valence-corrected chi connectivity index (χ1v) is 21.0. The number of hydrogen-bond donors (Lipinski definition) is 2. The van der Waals surface area contributed by atoms with Crippen molar-refractivity contribution in [2.45, 2.75) is 45.4 Å². The van der Waals surface area contributed by atoms with Crippen LogP contribution in [0.1, 0.15) is 44.0 Å². The van der Waals surface area contributed by atoms with Crippen molar-refractivity contribution < 1.29 is 13.5 Å². The van der Waals surface area contributed by atoms with Crippen LogP contribution in [0.2, 0.25) is 0 Å². The quantitative estimate of drug-likeness (QED) is 0.165. The molecule has 320 valence electrons. The molecule has 18 heteroatoms. The van der Waals surface area contributed by atoms with E-state index in [9.17, 15) is 14.0 Å². The van der Waals surface area contributed by atoms with Gasteiger partial charge in [0.1, 0.15) is 29.0 Å². The zero-order valence-corrected chi connectivity index (χ0v) is 35.2. The van der Waals surface area contributed by atoms with Gasteiger partial charge in [-0.3, -0.25) is 9.80 Å². The van der Waals surface area contributed by atoms with E-state index in [-0.39, 0.29) is 41.3 Å². The fourth-order valence-electron chi connectivity index (χ4n) is 9.05. The molecule has 8 aromatic rings. The third-order valence-corrected chi connectivity index (χ3v) is 12.4. The molecule has 4 aromatic heterocycles. The SMILES string of the molecule is COc1cccc2c1nc(Nc1cc(C#N)c3nc(N)n4nc(CN5CCN(c6ccc(F)cc6)C[C@H]5C)nc4c3c1)n1nc(C(C)N3CCN(c4ccc(F)cc4)C[C@H]3C)nc21. The van der Waals surface area contributed by atoms with E-state index in [1.807, 2.05) is 48.5 Å². The van der Waals surface area contributed by atoms with Crippen LogP contribution in [0.25, 0.3) is 33.1 Å². The molecule has 0 amide bonds. The van der Waals surface area contributed by atoms with E-state index in [4.69, 9.17) is 35.6 Å². The van der Waals surface area contributed by atoms with Crippen molar-refractivity contribution in [1.82, 2.24) is 49.0 Å². The number of rotatable bonds is 9. The summed E-state index contributed by atoms with van der Waals surface area (Å²) in [6, 6.07) is 25.0. The Labute approximate surface area is 361 Å². The lowest BCUT2D eigenvalue weighted by molar-refractivity contribution is 0.133. The predicted octanol–water partition coefficient (Wildman–Crippen LogP) is 6.34. The molecular formula is C45H45F2N15O. The number of benzene rings is 4. The maximum atomic E-state index is 13.7. The van der Waals surface area contributed by atoms with Gasteiger partial charge in [0.25, 0.3) is 0 Å². The van der Waals surface area contributed by atoms with Gasteiger partial charge in [-0.2, -0.15) is 14.3 Å². The minimum absolute atomic E-state index is 0.114. The fourth-order valence-corrected chi connectivity index (χ4v) is 9.05. The summed E-state index contributed by atoms with van der Waals surface area (Å²) in [7, 11) is 1.60. The first-order chi connectivity index (χ1) is 30.5. The molecule has 2 saturated heterocycles. The van der Waals surface area contributed by atoms with Gasteiger partial charge < -0.3 is 25.6 Å². The van der Waals surface area contributed by atoms with Gasteiger partial charge in [0.15, 0.2) is 22.9 Å². The second-order valence-electron chi connectivity index (χ2n) is 16.3. The first kappa shape index (κ1) is 39.9. The Morgan fingerprint density at radius 3 is 2.14 bits per heavy atom. The highest BCUT2D eigenvalue weighted by Gasteiger charge is 2.31. The monoisotopic (exact) mass is 849 g/mol. The Hall–Kier alpha value is -7.23. The summed E-state index contributed by atoms with van der Waals surface area (Å²) in [5.41, 5.74) is 11.3. The van der Waals surface area contributed by atoms with Crippen LogP contribution >= 0.6 is 0 Å². The van der Waals surface area contributed by atoms with E-state index in [0.29, 0.717) is 63.3 Å². The zero-order chi connectivity index (χ0) is 43.5. The first-order valence-electron chi connectivity index (χ1n) is 21.0. The van der Waals surface area contributed by atoms with Crippen LogP contribution < -0.4 is 25.6 Å². The fraction of sp³-hybridized carbons (Fsp3) is 0.311. The van der Waals surface area contributed by atoms with Crippen molar-refractivity contribution in [3.8, 4) is 11.8 Å². The Morgan fingerprint density at radius 2 is 1.48 bits per heavy atom. The average Bonchev–Trinajstić information content (AvgIpc) is 3.94. The summed E-state index contributed by atoms with van der Waals surface area (Å²) in [5.74, 6) is 1.73. The molecule has 0 saturated carbocycles. The summed E-state index contributed by atoms with van der Waals surface area (Å²) in [6.45, 7) is 11.5. The summed E-state index contributed by atoms with van der Waals surface area (Å²) < 4.78 is 36.2. The van der Waals surface area contributed by atoms with Crippen molar-refractivity contribution >= 4 is 62.1 Å². The third kappa shape index (κ3) is 7.28. The second kappa shape index (κ2) is 15.9. The van der Waals surface area contributed by atoms with E-state index < -0.39 is 0 Å². The number of halogens is 2. The summed E-state index contributed by atoms with van der Waals surface area (Å²) >= 11 is 0. The topological polar surface area (TPSA) is 170 Å². The standard InChI is InChI=1S/C45H45F2N15O/c1-26-23-58(33-12-8-30(46)9-13-33)17-16-57(26)25-38-51-43-36-21-32(20-29(22-48)39(36)52-44(49)61(43)55-38)50-45-53-40-35(6-5-7-37(40)63-4)42-54-41(56-62(42)45)28(3)60-19-18-59(24-27(60)2)34-14-10-31(47)11-15-34/h5-15,20-21,26-28H,16-19,23-25H2,1-4H3,(H2,49,52)(H,50,53)/t26-,27-,28?/m1/s1. The van der Waals surface area contributed by atoms with Gasteiger partial charge in [0.05, 0.1) is 30.8 Å². The maximum Gasteiger partial charge on any atom is 0.231 e. The molecule has 6 heterocycles. The molecule has 2 fully saturated rings. The van der Waals surface area contributed by atoms with Gasteiger partial charge >= 0.3 is 0 Å². The maximum absolute atomic E-state index is 13.7. The number of fused-ring (bicyclic) bond motifs is 6. The molecule has 2 aliphatic rings. The van der Waals surface area contributed by atoms with Crippen molar-refractivity contribution in [2.24, 2.45) is 0 Å². The number of nitriles is 1. The molecule has 3 atom stereocenters. The molecule has 1 unspecified atom stereocenters. The Balaban J connectivity index is 0.974. The Bertz CT molecular complexity index is 3060. The van der Waals surface area contributed by atoms with E-state index in [0.717, 1.165) is 56.0 Å².